The maximum absolute atomic E-state index is 13.7. The summed E-state index contributed by atoms with van der Waals surface area (Å²) in [5.41, 5.74) is 3.15. The first-order chi connectivity index (χ1) is 16.4. The number of hydrogen-bond acceptors (Lipinski definition) is 4. The van der Waals surface area contributed by atoms with E-state index in [1.165, 1.54) is 64.2 Å². The van der Waals surface area contributed by atoms with E-state index in [0.29, 0.717) is 23.6 Å². The summed E-state index contributed by atoms with van der Waals surface area (Å²) >= 11 is 0. The molecule has 3 aliphatic rings. The highest BCUT2D eigenvalue weighted by atomic mass is 16.5. The van der Waals surface area contributed by atoms with Crippen LogP contribution in [0, 0.1) is 25.7 Å². The molecule has 34 heavy (non-hydrogen) atoms. The van der Waals surface area contributed by atoms with E-state index in [2.05, 4.69) is 26.8 Å². The Labute approximate surface area is 205 Å². The first kappa shape index (κ1) is 24.8. The lowest BCUT2D eigenvalue weighted by Crippen LogP contribution is -2.43. The van der Waals surface area contributed by atoms with Crippen molar-refractivity contribution in [2.24, 2.45) is 16.8 Å². The number of nitrogens with zero attached hydrogens (tertiary/aromatic N) is 2. The highest BCUT2D eigenvalue weighted by molar-refractivity contribution is 6.11. The van der Waals surface area contributed by atoms with Gasteiger partial charge in [-0.1, -0.05) is 44.6 Å². The third kappa shape index (κ3) is 5.34. The van der Waals surface area contributed by atoms with E-state index in [1.54, 1.807) is 7.11 Å². The number of amides is 1. The Morgan fingerprint density at radius 2 is 1.62 bits per heavy atom. The lowest BCUT2D eigenvalue weighted by Gasteiger charge is -2.33. The quantitative estimate of drug-likeness (QED) is 0.433. The van der Waals surface area contributed by atoms with Gasteiger partial charge in [0, 0.05) is 6.04 Å². The van der Waals surface area contributed by atoms with Crippen LogP contribution in [0.2, 0.25) is 0 Å². The number of carbonyl (C=O) groups is 1. The summed E-state index contributed by atoms with van der Waals surface area (Å²) in [6, 6.07) is 4.80. The molecule has 2 atom stereocenters. The van der Waals surface area contributed by atoms with Crippen molar-refractivity contribution in [3.63, 3.8) is 0 Å². The third-order valence-electron chi connectivity index (χ3n) is 8.38. The minimum absolute atomic E-state index is 0.0649. The first-order valence-corrected chi connectivity index (χ1v) is 13.3. The van der Waals surface area contributed by atoms with Crippen molar-refractivity contribution in [1.82, 2.24) is 4.90 Å². The smallest absolute Gasteiger partial charge is 0.300 e. The summed E-state index contributed by atoms with van der Waals surface area (Å²) in [5.74, 6) is 2.19. The number of carbonyl (C=O) groups excluding carboxylic acids is 1. The van der Waals surface area contributed by atoms with Crippen molar-refractivity contribution in [2.45, 2.75) is 104 Å². The third-order valence-corrected chi connectivity index (χ3v) is 8.38. The molecule has 1 amide bonds. The number of aliphatic imine (C=N–C) groups is 1. The summed E-state index contributed by atoms with van der Waals surface area (Å²) in [6.45, 7) is 8.48. The van der Waals surface area contributed by atoms with Gasteiger partial charge in [-0.15, -0.1) is 0 Å². The Kier molecular flexibility index (Phi) is 8.00. The first-order valence-electron chi connectivity index (χ1n) is 13.3. The second-order valence-electron chi connectivity index (χ2n) is 10.6. The standard InChI is InChI=1S/C29H42N2O3/c1-19-16-23(17-26(33-5)20(19)2)18-27-28(32)31(22(4)25-14-10-7-11-15-25)29(34-27)30-21(3)24-12-8-6-9-13-24/h16-18,21-22,24-25H,6-15H2,1-5H3/b27-18+,30-29+. The molecule has 0 bridgehead atoms. The van der Waals surface area contributed by atoms with Gasteiger partial charge in [0.25, 0.3) is 5.91 Å². The molecule has 186 valence electrons. The molecular weight excluding hydrogens is 424 g/mol. The summed E-state index contributed by atoms with van der Waals surface area (Å²) in [4.78, 5) is 20.6. The molecular formula is C29H42N2O3. The van der Waals surface area contributed by atoms with Crippen LogP contribution in [0.5, 0.6) is 5.75 Å². The van der Waals surface area contributed by atoms with Gasteiger partial charge in [0.15, 0.2) is 5.76 Å². The Morgan fingerprint density at radius 3 is 2.24 bits per heavy atom. The summed E-state index contributed by atoms with van der Waals surface area (Å²) < 4.78 is 11.8. The molecule has 4 rings (SSSR count). The fourth-order valence-corrected chi connectivity index (χ4v) is 5.96. The molecule has 2 aliphatic carbocycles. The summed E-state index contributed by atoms with van der Waals surface area (Å²) in [7, 11) is 1.68. The predicted molar refractivity (Wildman–Crippen MR) is 138 cm³/mol. The molecule has 1 saturated heterocycles. The van der Waals surface area contributed by atoms with Gasteiger partial charge in [0.2, 0.25) is 0 Å². The van der Waals surface area contributed by atoms with Crippen LogP contribution in [0.3, 0.4) is 0 Å². The zero-order valence-electron chi connectivity index (χ0n) is 21.7. The zero-order chi connectivity index (χ0) is 24.2. The number of methoxy groups -OCH3 is 1. The maximum atomic E-state index is 13.7. The molecule has 3 fully saturated rings. The number of rotatable bonds is 6. The highest BCUT2D eigenvalue weighted by Crippen LogP contribution is 2.34. The van der Waals surface area contributed by atoms with E-state index in [0.717, 1.165) is 22.4 Å². The van der Waals surface area contributed by atoms with Gasteiger partial charge in [-0.3, -0.25) is 9.69 Å². The lowest BCUT2D eigenvalue weighted by molar-refractivity contribution is -0.125. The van der Waals surface area contributed by atoms with Crippen molar-refractivity contribution in [1.29, 1.82) is 0 Å². The van der Waals surface area contributed by atoms with E-state index < -0.39 is 0 Å². The fraction of sp³-hybridized carbons (Fsp3) is 0.655. The summed E-state index contributed by atoms with van der Waals surface area (Å²) in [5, 5.41) is 0. The number of amidine groups is 1. The fourth-order valence-electron chi connectivity index (χ4n) is 5.96. The van der Waals surface area contributed by atoms with E-state index >= 15 is 0 Å². The molecule has 1 aromatic rings. The van der Waals surface area contributed by atoms with Crippen LogP contribution in [0.1, 0.15) is 94.7 Å². The molecule has 2 unspecified atom stereocenters. The average molecular weight is 467 g/mol. The number of hydrogen-bond donors (Lipinski definition) is 0. The molecule has 0 N–H and O–H groups in total. The van der Waals surface area contributed by atoms with Crippen LogP contribution < -0.4 is 4.74 Å². The predicted octanol–water partition coefficient (Wildman–Crippen LogP) is 6.81. The number of benzene rings is 1. The second-order valence-corrected chi connectivity index (χ2v) is 10.6. The van der Waals surface area contributed by atoms with Crippen LogP contribution in [0.4, 0.5) is 0 Å². The Hall–Kier alpha value is -2.30. The monoisotopic (exact) mass is 466 g/mol. The van der Waals surface area contributed by atoms with E-state index in [9.17, 15) is 4.79 Å². The van der Waals surface area contributed by atoms with Gasteiger partial charge in [0.1, 0.15) is 5.75 Å². The second kappa shape index (κ2) is 11.0. The summed E-state index contributed by atoms with van der Waals surface area (Å²) in [6.07, 6.45) is 14.3. The molecule has 1 heterocycles. The van der Waals surface area contributed by atoms with Crippen LogP contribution in [0.15, 0.2) is 22.9 Å². The van der Waals surface area contributed by atoms with E-state index in [4.69, 9.17) is 14.5 Å². The van der Waals surface area contributed by atoms with E-state index in [1.807, 2.05) is 24.0 Å². The Morgan fingerprint density at radius 1 is 1.00 bits per heavy atom. The van der Waals surface area contributed by atoms with Crippen molar-refractivity contribution < 1.29 is 14.3 Å². The number of aryl methyl sites for hydroxylation is 1. The molecule has 5 heteroatoms. The van der Waals surface area contributed by atoms with Gasteiger partial charge in [-0.05, 0) is 94.0 Å². The van der Waals surface area contributed by atoms with Gasteiger partial charge in [-0.25, -0.2) is 4.99 Å². The molecule has 1 aromatic carbocycles. The highest BCUT2D eigenvalue weighted by Gasteiger charge is 2.41. The molecule has 0 radical (unpaired) electrons. The Balaban J connectivity index is 1.65. The number of ether oxygens (including phenoxy) is 2. The largest absolute Gasteiger partial charge is 0.496 e. The lowest BCUT2D eigenvalue weighted by atomic mass is 9.84. The van der Waals surface area contributed by atoms with Crippen LogP contribution in [-0.2, 0) is 9.53 Å². The van der Waals surface area contributed by atoms with Crippen molar-refractivity contribution in [3.05, 3.63) is 34.6 Å². The minimum Gasteiger partial charge on any atom is -0.496 e. The average Bonchev–Trinajstić information content (AvgIpc) is 3.15. The van der Waals surface area contributed by atoms with Gasteiger partial charge in [-0.2, -0.15) is 0 Å². The van der Waals surface area contributed by atoms with Crippen molar-refractivity contribution >= 4 is 18.0 Å². The van der Waals surface area contributed by atoms with Gasteiger partial charge < -0.3 is 9.47 Å². The van der Waals surface area contributed by atoms with Crippen molar-refractivity contribution in [3.8, 4) is 5.75 Å². The van der Waals surface area contributed by atoms with Crippen LogP contribution >= 0.6 is 0 Å². The molecule has 2 saturated carbocycles. The van der Waals surface area contributed by atoms with Crippen molar-refractivity contribution in [2.75, 3.05) is 7.11 Å². The topological polar surface area (TPSA) is 51.1 Å². The normalized spacial score (nSPS) is 24.5. The van der Waals surface area contributed by atoms with Gasteiger partial charge in [0.05, 0.1) is 13.2 Å². The molecule has 0 aromatic heterocycles. The molecule has 5 nitrogen and oxygen atoms in total. The maximum Gasteiger partial charge on any atom is 0.300 e. The molecule has 1 aliphatic heterocycles. The van der Waals surface area contributed by atoms with Crippen LogP contribution in [0.25, 0.3) is 6.08 Å². The Bertz CT molecular complexity index is 939. The zero-order valence-corrected chi connectivity index (χ0v) is 21.7. The van der Waals surface area contributed by atoms with E-state index in [-0.39, 0.29) is 18.0 Å². The molecule has 0 spiro atoms. The van der Waals surface area contributed by atoms with Gasteiger partial charge >= 0.3 is 6.02 Å². The SMILES string of the molecule is COc1cc(/C=C2/O/C(=N/C(C)C3CCCCC3)N(C(C)C3CCCCC3)C2=O)cc(C)c1C. The van der Waals surface area contributed by atoms with Crippen LogP contribution in [-0.4, -0.2) is 36.0 Å². The minimum atomic E-state index is -0.0649.